The molecule has 0 unspecified atom stereocenters. The number of carbonyl (C=O) groups is 2. The normalized spacial score (nSPS) is 10.8. The highest BCUT2D eigenvalue weighted by Crippen LogP contribution is 2.33. The van der Waals surface area contributed by atoms with Crippen molar-refractivity contribution in [1.29, 1.82) is 0 Å². The van der Waals surface area contributed by atoms with Crippen LogP contribution in [0.4, 0.5) is 0 Å². The van der Waals surface area contributed by atoms with Crippen molar-refractivity contribution in [3.05, 3.63) is 59.4 Å². The molecule has 0 radical (unpaired) electrons. The van der Waals surface area contributed by atoms with E-state index in [1.54, 1.807) is 24.3 Å². The number of carbonyl (C=O) groups excluding carboxylic acids is 2. The van der Waals surface area contributed by atoms with Gasteiger partial charge in [-0.3, -0.25) is 4.79 Å². The quantitative estimate of drug-likeness (QED) is 0.314. The fourth-order valence-electron chi connectivity index (χ4n) is 3.09. The van der Waals surface area contributed by atoms with Gasteiger partial charge in [-0.1, -0.05) is 31.5 Å². The summed E-state index contributed by atoms with van der Waals surface area (Å²) in [5.41, 5.74) is 1.56. The molecule has 3 aromatic rings. The third kappa shape index (κ3) is 4.77. The zero-order chi connectivity index (χ0) is 20.8. The molecule has 6 nitrogen and oxygen atoms in total. The second kappa shape index (κ2) is 9.28. The summed E-state index contributed by atoms with van der Waals surface area (Å²) in [6.45, 7) is 3.89. The van der Waals surface area contributed by atoms with E-state index in [1.807, 2.05) is 25.1 Å². The first-order valence-corrected chi connectivity index (χ1v) is 9.65. The number of benzene rings is 2. The molecule has 0 atom stereocenters. The van der Waals surface area contributed by atoms with Crippen LogP contribution in [-0.4, -0.2) is 30.1 Å². The Morgan fingerprint density at radius 2 is 1.90 bits per heavy atom. The van der Waals surface area contributed by atoms with Gasteiger partial charge in [-0.15, -0.1) is 0 Å². The van der Waals surface area contributed by atoms with E-state index < -0.39 is 5.97 Å². The summed E-state index contributed by atoms with van der Waals surface area (Å²) in [5, 5.41) is 11.2. The van der Waals surface area contributed by atoms with E-state index in [1.165, 1.54) is 6.92 Å². The highest BCUT2D eigenvalue weighted by molar-refractivity contribution is 5.97. The minimum absolute atomic E-state index is 0.0202. The fraction of sp³-hybridized carbons (Fsp3) is 0.304. The van der Waals surface area contributed by atoms with Crippen molar-refractivity contribution in [2.24, 2.45) is 0 Å². The van der Waals surface area contributed by atoms with Gasteiger partial charge in [0.2, 0.25) is 5.76 Å². The van der Waals surface area contributed by atoms with Gasteiger partial charge < -0.3 is 19.0 Å². The molecule has 1 N–H and O–H groups in total. The molecule has 0 aliphatic carbocycles. The summed E-state index contributed by atoms with van der Waals surface area (Å²) in [6.07, 6.45) is 1.89. The molecule has 1 aromatic heterocycles. The average molecular weight is 396 g/mol. The third-order valence-electron chi connectivity index (χ3n) is 4.53. The van der Waals surface area contributed by atoms with Crippen LogP contribution in [0.25, 0.3) is 11.0 Å². The number of rotatable bonds is 9. The molecule has 0 spiro atoms. The lowest BCUT2D eigenvalue weighted by Gasteiger charge is -2.14. The Balaban J connectivity index is 1.53. The van der Waals surface area contributed by atoms with Gasteiger partial charge in [-0.05, 0) is 37.6 Å². The summed E-state index contributed by atoms with van der Waals surface area (Å²) in [6, 6.07) is 12.3. The first-order chi connectivity index (χ1) is 14.0. The molecule has 152 valence electrons. The summed E-state index contributed by atoms with van der Waals surface area (Å²) in [4.78, 5) is 23.7. The molecule has 2 aromatic carbocycles. The Labute approximate surface area is 169 Å². The van der Waals surface area contributed by atoms with Crippen LogP contribution >= 0.6 is 0 Å². The monoisotopic (exact) mass is 396 g/mol. The number of ketones is 1. The SMILES string of the molecule is CCCc1c(OCCCOC(=O)c2cc3ccccc3o2)ccc(C(C)=O)c1O. The van der Waals surface area contributed by atoms with Gasteiger partial charge in [-0.25, -0.2) is 4.79 Å². The number of hydrogen-bond acceptors (Lipinski definition) is 6. The molecule has 0 amide bonds. The summed E-state index contributed by atoms with van der Waals surface area (Å²) in [7, 11) is 0. The molecular weight excluding hydrogens is 372 g/mol. The highest BCUT2D eigenvalue weighted by atomic mass is 16.5. The minimum Gasteiger partial charge on any atom is -0.507 e. The maximum Gasteiger partial charge on any atom is 0.374 e. The first kappa shape index (κ1) is 20.5. The zero-order valence-electron chi connectivity index (χ0n) is 16.6. The molecule has 0 saturated carbocycles. The van der Waals surface area contributed by atoms with Crippen LogP contribution in [0, 0.1) is 0 Å². The second-order valence-electron chi connectivity index (χ2n) is 6.73. The number of fused-ring (bicyclic) bond motifs is 1. The number of para-hydroxylation sites is 1. The molecule has 0 fully saturated rings. The highest BCUT2D eigenvalue weighted by Gasteiger charge is 2.16. The number of phenolic OH excluding ortho intramolecular Hbond substituents is 1. The van der Waals surface area contributed by atoms with Crippen LogP contribution in [0.5, 0.6) is 11.5 Å². The smallest absolute Gasteiger partial charge is 0.374 e. The zero-order valence-corrected chi connectivity index (χ0v) is 16.6. The van der Waals surface area contributed by atoms with E-state index in [4.69, 9.17) is 13.9 Å². The van der Waals surface area contributed by atoms with E-state index in [9.17, 15) is 14.7 Å². The lowest BCUT2D eigenvalue weighted by Crippen LogP contribution is -2.09. The molecule has 3 rings (SSSR count). The Bertz CT molecular complexity index is 984. The number of esters is 1. The fourth-order valence-corrected chi connectivity index (χ4v) is 3.09. The van der Waals surface area contributed by atoms with Crippen LogP contribution in [-0.2, 0) is 11.2 Å². The van der Waals surface area contributed by atoms with E-state index >= 15 is 0 Å². The number of furan rings is 1. The predicted molar refractivity (Wildman–Crippen MR) is 109 cm³/mol. The summed E-state index contributed by atoms with van der Waals surface area (Å²) >= 11 is 0. The first-order valence-electron chi connectivity index (χ1n) is 9.65. The van der Waals surface area contributed by atoms with Gasteiger partial charge in [0.05, 0.1) is 18.8 Å². The largest absolute Gasteiger partial charge is 0.507 e. The van der Waals surface area contributed by atoms with Crippen molar-refractivity contribution < 1.29 is 28.6 Å². The van der Waals surface area contributed by atoms with E-state index in [0.717, 1.165) is 11.8 Å². The molecule has 0 bridgehead atoms. The van der Waals surface area contributed by atoms with Crippen LogP contribution in [0.1, 0.15) is 53.2 Å². The number of phenols is 1. The predicted octanol–water partition coefficient (Wildman–Crippen LogP) is 4.92. The van der Waals surface area contributed by atoms with Crippen molar-refractivity contribution >= 4 is 22.7 Å². The number of hydrogen-bond donors (Lipinski definition) is 1. The molecule has 1 heterocycles. The molecule has 29 heavy (non-hydrogen) atoms. The lowest BCUT2D eigenvalue weighted by atomic mass is 10.0. The summed E-state index contributed by atoms with van der Waals surface area (Å²) < 4.78 is 16.5. The van der Waals surface area contributed by atoms with Crippen molar-refractivity contribution in [3.63, 3.8) is 0 Å². The molecule has 6 heteroatoms. The second-order valence-corrected chi connectivity index (χ2v) is 6.73. The van der Waals surface area contributed by atoms with Gasteiger partial charge in [0.25, 0.3) is 0 Å². The van der Waals surface area contributed by atoms with Crippen LogP contribution in [0.2, 0.25) is 0 Å². The van der Waals surface area contributed by atoms with Crippen molar-refractivity contribution in [3.8, 4) is 11.5 Å². The Kier molecular flexibility index (Phi) is 6.54. The molecule has 0 aliphatic rings. The lowest BCUT2D eigenvalue weighted by molar-refractivity contribution is 0.0452. The Morgan fingerprint density at radius 3 is 2.62 bits per heavy atom. The molecule has 0 aliphatic heterocycles. The molecular formula is C23H24O6. The number of Topliss-reactive ketones (excluding diaryl/α,β-unsaturated/α-hetero) is 1. The molecule has 0 saturated heterocycles. The number of ether oxygens (including phenoxy) is 2. The van der Waals surface area contributed by atoms with Crippen molar-refractivity contribution in [2.75, 3.05) is 13.2 Å². The Hall–Kier alpha value is -3.28. The van der Waals surface area contributed by atoms with Gasteiger partial charge >= 0.3 is 5.97 Å². The van der Waals surface area contributed by atoms with Crippen molar-refractivity contribution in [2.45, 2.75) is 33.1 Å². The van der Waals surface area contributed by atoms with E-state index in [2.05, 4.69) is 0 Å². The number of aromatic hydroxyl groups is 1. The van der Waals surface area contributed by atoms with Crippen LogP contribution < -0.4 is 4.74 Å². The maximum atomic E-state index is 12.1. The topological polar surface area (TPSA) is 86.0 Å². The van der Waals surface area contributed by atoms with Gasteiger partial charge in [0.15, 0.2) is 5.78 Å². The van der Waals surface area contributed by atoms with Gasteiger partial charge in [-0.2, -0.15) is 0 Å². The van der Waals surface area contributed by atoms with E-state index in [-0.39, 0.29) is 23.9 Å². The average Bonchev–Trinajstić information content (AvgIpc) is 3.14. The van der Waals surface area contributed by atoms with Crippen LogP contribution in [0.15, 0.2) is 46.9 Å². The summed E-state index contributed by atoms with van der Waals surface area (Å²) in [5.74, 6) is -0.0200. The van der Waals surface area contributed by atoms with Gasteiger partial charge in [0.1, 0.15) is 17.1 Å². The van der Waals surface area contributed by atoms with Gasteiger partial charge in [0, 0.05) is 17.4 Å². The maximum absolute atomic E-state index is 12.1. The minimum atomic E-state index is -0.517. The third-order valence-corrected chi connectivity index (χ3v) is 4.53. The Morgan fingerprint density at radius 1 is 1.10 bits per heavy atom. The van der Waals surface area contributed by atoms with Crippen molar-refractivity contribution in [1.82, 2.24) is 0 Å². The van der Waals surface area contributed by atoms with Crippen LogP contribution in [0.3, 0.4) is 0 Å². The van der Waals surface area contributed by atoms with E-state index in [0.29, 0.717) is 41.9 Å². The standard InChI is InChI=1S/C23H24O6/c1-3-7-18-20(11-10-17(15(2)24)22(18)25)27-12-6-13-28-23(26)21-14-16-8-4-5-9-19(16)29-21/h4-5,8-11,14,25H,3,6-7,12-13H2,1-2H3.